The number of nitrogens with zero attached hydrogens (tertiary/aromatic N) is 2. The molecular formula is C20H19ClN4O2S. The molecule has 0 unspecified atom stereocenters. The number of aryl methyl sites for hydroxylation is 1. The molecule has 2 aromatic carbocycles. The van der Waals surface area contributed by atoms with E-state index in [1.807, 2.05) is 55.5 Å². The first-order valence-corrected chi connectivity index (χ1v) is 9.80. The van der Waals surface area contributed by atoms with Crippen molar-refractivity contribution in [3.8, 4) is 5.75 Å². The molecular weight excluding hydrogens is 396 g/mol. The maximum atomic E-state index is 12.2. The van der Waals surface area contributed by atoms with Crippen molar-refractivity contribution in [2.24, 2.45) is 5.10 Å². The molecule has 6 nitrogen and oxygen atoms in total. The number of nitrogen functional groups attached to an aromatic ring is 1. The monoisotopic (exact) mass is 414 g/mol. The first kappa shape index (κ1) is 19.9. The van der Waals surface area contributed by atoms with E-state index >= 15 is 0 Å². The van der Waals surface area contributed by atoms with E-state index < -0.39 is 0 Å². The molecule has 1 amide bonds. The number of hydrogen-bond donors (Lipinski definition) is 2. The molecule has 0 saturated carbocycles. The van der Waals surface area contributed by atoms with Crippen LogP contribution in [0.2, 0.25) is 5.02 Å². The van der Waals surface area contributed by atoms with Crippen LogP contribution in [0.4, 0.5) is 5.13 Å². The molecule has 8 heteroatoms. The summed E-state index contributed by atoms with van der Waals surface area (Å²) in [6.07, 6.45) is 2.20. The van der Waals surface area contributed by atoms with Crippen molar-refractivity contribution in [3.05, 3.63) is 75.3 Å². The van der Waals surface area contributed by atoms with Crippen LogP contribution in [0.15, 0.2) is 53.6 Å². The van der Waals surface area contributed by atoms with Crippen LogP contribution in [0.3, 0.4) is 0 Å². The molecule has 0 fully saturated rings. The highest BCUT2D eigenvalue weighted by Crippen LogP contribution is 2.20. The molecule has 0 spiro atoms. The average molecular weight is 415 g/mol. The van der Waals surface area contributed by atoms with Gasteiger partial charge in [-0.1, -0.05) is 42.0 Å². The zero-order chi connectivity index (χ0) is 19.9. The Kier molecular flexibility index (Phi) is 6.62. The number of nitrogens with one attached hydrogen (secondary N) is 1. The van der Waals surface area contributed by atoms with Gasteiger partial charge in [0.25, 0.3) is 5.91 Å². The Labute approximate surface area is 172 Å². The number of rotatable bonds is 7. The number of carbonyl (C=O) groups excluding carboxylic acids is 1. The number of amides is 1. The van der Waals surface area contributed by atoms with E-state index in [-0.39, 0.29) is 5.91 Å². The molecule has 28 heavy (non-hydrogen) atoms. The Morgan fingerprint density at radius 3 is 2.82 bits per heavy atom. The molecule has 1 heterocycles. The first-order valence-electron chi connectivity index (χ1n) is 8.61. The van der Waals surface area contributed by atoms with Gasteiger partial charge in [-0.05, 0) is 53.9 Å². The molecule has 0 aliphatic rings. The van der Waals surface area contributed by atoms with E-state index in [9.17, 15) is 4.79 Å². The fourth-order valence-electron chi connectivity index (χ4n) is 2.45. The summed E-state index contributed by atoms with van der Waals surface area (Å²) in [5.74, 6) is 0.414. The molecule has 0 aliphatic heterocycles. The van der Waals surface area contributed by atoms with Crippen LogP contribution in [0.25, 0.3) is 0 Å². The van der Waals surface area contributed by atoms with Crippen molar-refractivity contribution in [2.75, 3.05) is 5.73 Å². The van der Waals surface area contributed by atoms with E-state index in [0.29, 0.717) is 33.8 Å². The van der Waals surface area contributed by atoms with Gasteiger partial charge in [-0.15, -0.1) is 0 Å². The molecule has 3 rings (SSSR count). The largest absolute Gasteiger partial charge is 0.489 e. The number of aromatic nitrogens is 1. The first-order chi connectivity index (χ1) is 13.5. The third-order valence-electron chi connectivity index (χ3n) is 3.81. The smallest absolute Gasteiger partial charge is 0.283 e. The summed E-state index contributed by atoms with van der Waals surface area (Å²) in [4.78, 5) is 16.8. The fraction of sp³-hybridized carbons (Fsp3) is 0.150. The molecule has 0 atom stereocenters. The van der Waals surface area contributed by atoms with Gasteiger partial charge in [0.2, 0.25) is 0 Å². The van der Waals surface area contributed by atoms with Crippen LogP contribution in [-0.4, -0.2) is 17.1 Å². The van der Waals surface area contributed by atoms with Gasteiger partial charge in [-0.25, -0.2) is 10.4 Å². The summed E-state index contributed by atoms with van der Waals surface area (Å²) in [7, 11) is 0. The lowest BCUT2D eigenvalue weighted by atomic mass is 10.2. The second-order valence-electron chi connectivity index (χ2n) is 5.87. The maximum Gasteiger partial charge on any atom is 0.283 e. The number of carbonyl (C=O) groups is 1. The highest BCUT2D eigenvalue weighted by atomic mass is 35.5. The Morgan fingerprint density at radius 2 is 2.11 bits per heavy atom. The molecule has 0 bridgehead atoms. The molecule has 3 aromatic rings. The van der Waals surface area contributed by atoms with Crippen LogP contribution in [0.1, 0.15) is 33.4 Å². The minimum atomic E-state index is -0.316. The third kappa shape index (κ3) is 5.31. The summed E-state index contributed by atoms with van der Waals surface area (Å²) in [6, 6.07) is 14.9. The molecule has 1 aromatic heterocycles. The Bertz CT molecular complexity index is 986. The number of thiazole rings is 1. The van der Waals surface area contributed by atoms with Crippen molar-refractivity contribution < 1.29 is 9.53 Å². The summed E-state index contributed by atoms with van der Waals surface area (Å²) in [5.41, 5.74) is 10.7. The zero-order valence-corrected chi connectivity index (χ0v) is 16.8. The quantitative estimate of drug-likeness (QED) is 0.446. The predicted octanol–water partition coefficient (Wildman–Crippen LogP) is 4.28. The highest BCUT2D eigenvalue weighted by molar-refractivity contribution is 7.17. The third-order valence-corrected chi connectivity index (χ3v) is 4.97. The Morgan fingerprint density at radius 1 is 1.32 bits per heavy atom. The summed E-state index contributed by atoms with van der Waals surface area (Å²) >= 11 is 7.12. The SMILES string of the molecule is CCc1nc(N)sc1C(=O)NN=Cc1ccc(OCc2cccc(Cl)c2)cc1. The lowest BCUT2D eigenvalue weighted by Crippen LogP contribution is -2.17. The van der Waals surface area contributed by atoms with Crippen LogP contribution >= 0.6 is 22.9 Å². The number of ether oxygens (including phenoxy) is 1. The van der Waals surface area contributed by atoms with E-state index in [2.05, 4.69) is 15.5 Å². The number of nitrogens with two attached hydrogens (primary N) is 1. The minimum absolute atomic E-state index is 0.316. The van der Waals surface area contributed by atoms with Gasteiger partial charge in [-0.2, -0.15) is 5.10 Å². The lowest BCUT2D eigenvalue weighted by molar-refractivity contribution is 0.0958. The normalized spacial score (nSPS) is 10.9. The maximum absolute atomic E-state index is 12.2. The number of hydrogen-bond acceptors (Lipinski definition) is 6. The van der Waals surface area contributed by atoms with Crippen molar-refractivity contribution in [2.45, 2.75) is 20.0 Å². The fourth-order valence-corrected chi connectivity index (χ4v) is 3.47. The number of halogens is 1. The predicted molar refractivity (Wildman–Crippen MR) is 113 cm³/mol. The van der Waals surface area contributed by atoms with Crippen LogP contribution in [-0.2, 0) is 13.0 Å². The Balaban J connectivity index is 1.54. The van der Waals surface area contributed by atoms with Crippen LogP contribution in [0.5, 0.6) is 5.75 Å². The lowest BCUT2D eigenvalue weighted by Gasteiger charge is -2.06. The van der Waals surface area contributed by atoms with Gasteiger partial charge < -0.3 is 10.5 Å². The minimum Gasteiger partial charge on any atom is -0.489 e. The molecule has 0 radical (unpaired) electrons. The van der Waals surface area contributed by atoms with Crippen molar-refractivity contribution in [1.82, 2.24) is 10.4 Å². The summed E-state index contributed by atoms with van der Waals surface area (Å²) in [5, 5.41) is 5.05. The van der Waals surface area contributed by atoms with Crippen molar-refractivity contribution >= 4 is 40.2 Å². The van der Waals surface area contributed by atoms with Crippen LogP contribution < -0.4 is 15.9 Å². The topological polar surface area (TPSA) is 89.6 Å². The zero-order valence-electron chi connectivity index (χ0n) is 15.2. The van der Waals surface area contributed by atoms with Crippen LogP contribution in [0, 0.1) is 0 Å². The molecule has 0 saturated heterocycles. The number of anilines is 1. The second-order valence-corrected chi connectivity index (χ2v) is 7.34. The van der Waals surface area contributed by atoms with E-state index in [1.165, 1.54) is 0 Å². The number of benzene rings is 2. The van der Waals surface area contributed by atoms with E-state index in [4.69, 9.17) is 22.1 Å². The molecule has 3 N–H and O–H groups in total. The van der Waals surface area contributed by atoms with Gasteiger partial charge in [0.05, 0.1) is 11.9 Å². The highest BCUT2D eigenvalue weighted by Gasteiger charge is 2.15. The standard InChI is InChI=1S/C20H19ClN4O2S/c1-2-17-18(28-20(22)24-17)19(26)25-23-11-13-6-8-16(9-7-13)27-12-14-4-3-5-15(21)10-14/h3-11H,2,12H2,1H3,(H2,22,24)(H,25,26). The van der Waals surface area contributed by atoms with Gasteiger partial charge >= 0.3 is 0 Å². The van der Waals surface area contributed by atoms with Gasteiger partial charge in [0.15, 0.2) is 5.13 Å². The Hall–Kier alpha value is -2.90. The van der Waals surface area contributed by atoms with Gasteiger partial charge in [0.1, 0.15) is 17.2 Å². The molecule has 0 aliphatic carbocycles. The summed E-state index contributed by atoms with van der Waals surface area (Å²) < 4.78 is 5.74. The van der Waals surface area contributed by atoms with Crippen molar-refractivity contribution in [1.29, 1.82) is 0 Å². The molecule has 144 valence electrons. The van der Waals surface area contributed by atoms with Gasteiger partial charge in [0, 0.05) is 5.02 Å². The van der Waals surface area contributed by atoms with Crippen molar-refractivity contribution in [3.63, 3.8) is 0 Å². The van der Waals surface area contributed by atoms with E-state index in [1.54, 1.807) is 6.21 Å². The van der Waals surface area contributed by atoms with E-state index in [0.717, 1.165) is 28.2 Å². The van der Waals surface area contributed by atoms with Gasteiger partial charge in [-0.3, -0.25) is 4.79 Å². The number of hydrazone groups is 1. The second kappa shape index (κ2) is 9.34. The average Bonchev–Trinajstić information content (AvgIpc) is 3.08. The summed E-state index contributed by atoms with van der Waals surface area (Å²) in [6.45, 7) is 2.35.